The van der Waals surface area contributed by atoms with Gasteiger partial charge in [-0.05, 0) is 30.2 Å². The Labute approximate surface area is 155 Å². The number of nitrogens with one attached hydrogen (secondary N) is 2. The number of thiophene rings is 1. The molecule has 0 saturated carbocycles. The fourth-order valence-electron chi connectivity index (χ4n) is 3.20. The number of ether oxygens (including phenoxy) is 1. The molecule has 138 valence electrons. The molecule has 1 aliphatic heterocycles. The number of methoxy groups -OCH3 is 1. The first kappa shape index (κ1) is 18.5. The number of halogens is 1. The van der Waals surface area contributed by atoms with Gasteiger partial charge in [0.25, 0.3) is 0 Å². The Hall–Kier alpha value is -2.25. The van der Waals surface area contributed by atoms with Crippen LogP contribution in [-0.2, 0) is 28.9 Å². The number of carbonyl (C=O) groups excluding carboxylic acids is 2. The van der Waals surface area contributed by atoms with Crippen LogP contribution in [0.1, 0.15) is 33.3 Å². The number of hydrogen-bond acceptors (Lipinski definition) is 4. The molecule has 1 unspecified atom stereocenters. The van der Waals surface area contributed by atoms with Crippen LogP contribution in [0.25, 0.3) is 0 Å². The highest BCUT2D eigenvalue weighted by atomic mass is 32.1. The highest BCUT2D eigenvalue weighted by Gasteiger charge is 2.30. The predicted molar refractivity (Wildman–Crippen MR) is 98.2 cm³/mol. The summed E-state index contributed by atoms with van der Waals surface area (Å²) >= 11 is 1.45. The van der Waals surface area contributed by atoms with E-state index >= 15 is 0 Å². The molecule has 1 atom stereocenters. The second kappa shape index (κ2) is 7.97. The van der Waals surface area contributed by atoms with Crippen LogP contribution in [0.5, 0.6) is 0 Å². The maximum absolute atomic E-state index is 13.0. The van der Waals surface area contributed by atoms with E-state index in [1.165, 1.54) is 35.5 Å². The number of hydrogen-bond donors (Lipinski definition) is 2. The molecule has 3 rings (SSSR count). The van der Waals surface area contributed by atoms with Crippen LogP contribution in [0.15, 0.2) is 24.3 Å². The van der Waals surface area contributed by atoms with Crippen molar-refractivity contribution in [2.75, 3.05) is 25.5 Å². The van der Waals surface area contributed by atoms with Crippen LogP contribution < -0.4 is 10.2 Å². The topological polar surface area (TPSA) is 59.8 Å². The zero-order valence-electron chi connectivity index (χ0n) is 14.9. The first-order valence-electron chi connectivity index (χ1n) is 8.62. The van der Waals surface area contributed by atoms with E-state index in [0.717, 1.165) is 36.5 Å². The molecule has 5 nitrogen and oxygen atoms in total. The van der Waals surface area contributed by atoms with E-state index < -0.39 is 5.97 Å². The van der Waals surface area contributed by atoms with Gasteiger partial charge in [0.15, 0.2) is 0 Å². The van der Waals surface area contributed by atoms with Gasteiger partial charge in [-0.1, -0.05) is 12.1 Å². The van der Waals surface area contributed by atoms with Crippen LogP contribution in [0.2, 0.25) is 0 Å². The summed E-state index contributed by atoms with van der Waals surface area (Å²) in [5, 5.41) is 3.40. The molecule has 2 aromatic rings. The van der Waals surface area contributed by atoms with Crippen LogP contribution in [-0.4, -0.2) is 32.1 Å². The van der Waals surface area contributed by atoms with Gasteiger partial charge in [-0.15, -0.1) is 11.3 Å². The summed E-state index contributed by atoms with van der Waals surface area (Å²) in [5.41, 5.74) is 2.19. The van der Waals surface area contributed by atoms with Crippen LogP contribution >= 0.6 is 11.3 Å². The van der Waals surface area contributed by atoms with E-state index in [0.29, 0.717) is 16.1 Å². The van der Waals surface area contributed by atoms with Crippen molar-refractivity contribution in [3.05, 3.63) is 51.7 Å². The van der Waals surface area contributed by atoms with Crippen molar-refractivity contribution in [3.63, 3.8) is 0 Å². The Morgan fingerprint density at radius 1 is 1.31 bits per heavy atom. The monoisotopic (exact) mass is 377 g/mol. The highest BCUT2D eigenvalue weighted by molar-refractivity contribution is 7.17. The second-order valence-corrected chi connectivity index (χ2v) is 7.44. The normalized spacial score (nSPS) is 16.0. The number of likely N-dealkylation sites (N-methyl/N-ethyl adjacent to an activating group) is 1. The zero-order valence-corrected chi connectivity index (χ0v) is 15.7. The van der Waals surface area contributed by atoms with Gasteiger partial charge in [0.1, 0.15) is 17.4 Å². The van der Waals surface area contributed by atoms with Crippen molar-refractivity contribution in [2.45, 2.75) is 26.3 Å². The van der Waals surface area contributed by atoms with Gasteiger partial charge in [-0.25, -0.2) is 9.18 Å². The average Bonchev–Trinajstić information content (AvgIpc) is 2.99. The first-order valence-corrected chi connectivity index (χ1v) is 9.44. The number of carbonyl (C=O) groups is 2. The molecule has 0 bridgehead atoms. The summed E-state index contributed by atoms with van der Waals surface area (Å²) in [6.07, 6.45) is 0.920. The molecule has 26 heavy (non-hydrogen) atoms. The molecule has 0 fully saturated rings. The summed E-state index contributed by atoms with van der Waals surface area (Å²) in [5.74, 6) is -0.990. The van der Waals surface area contributed by atoms with Crippen molar-refractivity contribution in [2.24, 2.45) is 0 Å². The summed E-state index contributed by atoms with van der Waals surface area (Å²) in [6, 6.07) is 5.82. The summed E-state index contributed by atoms with van der Waals surface area (Å²) in [7, 11) is 1.35. The molecule has 2 N–H and O–H groups in total. The third kappa shape index (κ3) is 3.94. The third-order valence-electron chi connectivity index (χ3n) is 4.65. The minimum atomic E-state index is -0.417. The van der Waals surface area contributed by atoms with Crippen molar-refractivity contribution in [3.8, 4) is 0 Å². The average molecular weight is 377 g/mol. The maximum Gasteiger partial charge on any atom is 0.341 e. The Balaban J connectivity index is 1.82. The Kier molecular flexibility index (Phi) is 5.68. The quantitative estimate of drug-likeness (QED) is 0.782. The third-order valence-corrected chi connectivity index (χ3v) is 5.80. The predicted octanol–water partition coefficient (Wildman–Crippen LogP) is 1.82. The summed E-state index contributed by atoms with van der Waals surface area (Å²) in [4.78, 5) is 27.3. The van der Waals surface area contributed by atoms with Crippen molar-refractivity contribution >= 4 is 28.2 Å². The smallest absolute Gasteiger partial charge is 0.341 e. The van der Waals surface area contributed by atoms with Crippen molar-refractivity contribution in [1.29, 1.82) is 0 Å². The maximum atomic E-state index is 13.0. The molecular formula is C19H22FN2O3S+. The van der Waals surface area contributed by atoms with Gasteiger partial charge in [0, 0.05) is 6.42 Å². The molecule has 0 radical (unpaired) electrons. The van der Waals surface area contributed by atoms with Crippen LogP contribution in [0.3, 0.4) is 0 Å². The molecule has 1 aliphatic rings. The fourth-order valence-corrected chi connectivity index (χ4v) is 4.53. The van der Waals surface area contributed by atoms with E-state index in [1.54, 1.807) is 12.1 Å². The minimum Gasteiger partial charge on any atom is -0.465 e. The van der Waals surface area contributed by atoms with Gasteiger partial charge in [-0.2, -0.15) is 0 Å². The Morgan fingerprint density at radius 2 is 2.04 bits per heavy atom. The van der Waals surface area contributed by atoms with Gasteiger partial charge in [0.2, 0.25) is 5.91 Å². The second-order valence-electron chi connectivity index (χ2n) is 6.33. The minimum absolute atomic E-state index is 0.121. The number of esters is 1. The summed E-state index contributed by atoms with van der Waals surface area (Å²) < 4.78 is 17.9. The van der Waals surface area contributed by atoms with E-state index in [-0.39, 0.29) is 18.1 Å². The molecule has 1 aromatic heterocycles. The lowest BCUT2D eigenvalue weighted by Gasteiger charge is -2.22. The lowest BCUT2D eigenvalue weighted by atomic mass is 10.0. The number of benzene rings is 1. The van der Waals surface area contributed by atoms with Gasteiger partial charge < -0.3 is 15.0 Å². The lowest BCUT2D eigenvalue weighted by Crippen LogP contribution is -3.11. The molecule has 0 saturated heterocycles. The van der Waals surface area contributed by atoms with Crippen molar-refractivity contribution in [1.82, 2.24) is 0 Å². The number of anilines is 1. The van der Waals surface area contributed by atoms with Gasteiger partial charge in [-0.3, -0.25) is 4.79 Å². The van der Waals surface area contributed by atoms with Gasteiger partial charge >= 0.3 is 5.97 Å². The first-order chi connectivity index (χ1) is 12.5. The van der Waals surface area contributed by atoms with E-state index in [2.05, 4.69) is 12.2 Å². The zero-order chi connectivity index (χ0) is 18.7. The number of quaternary nitrogens is 1. The van der Waals surface area contributed by atoms with E-state index in [4.69, 9.17) is 4.74 Å². The molecular weight excluding hydrogens is 355 g/mol. The molecule has 1 aromatic carbocycles. The standard InChI is InChI=1S/C19H21FN2O3S/c1-3-22-9-8-14-15(11-22)26-18(17(14)19(24)25-2)21-16(23)10-12-4-6-13(20)7-5-12/h4-7H,3,8-11H2,1-2H3,(H,21,23)/p+1. The van der Waals surface area contributed by atoms with E-state index in [1.807, 2.05) is 0 Å². The molecule has 1 amide bonds. The Morgan fingerprint density at radius 3 is 2.69 bits per heavy atom. The van der Waals surface area contributed by atoms with Crippen molar-refractivity contribution < 1.29 is 23.6 Å². The summed E-state index contributed by atoms with van der Waals surface area (Å²) in [6.45, 7) is 4.99. The van der Waals surface area contributed by atoms with Crippen LogP contribution in [0.4, 0.5) is 9.39 Å². The highest BCUT2D eigenvalue weighted by Crippen LogP contribution is 2.35. The van der Waals surface area contributed by atoms with Gasteiger partial charge in [0.05, 0.1) is 37.1 Å². The molecule has 0 aliphatic carbocycles. The van der Waals surface area contributed by atoms with Crippen LogP contribution in [0, 0.1) is 5.82 Å². The largest absolute Gasteiger partial charge is 0.465 e. The lowest BCUT2D eigenvalue weighted by molar-refractivity contribution is -0.913. The molecule has 2 heterocycles. The number of rotatable bonds is 5. The number of fused-ring (bicyclic) bond motifs is 1. The molecule has 0 spiro atoms. The SMILES string of the molecule is CC[NH+]1CCc2c(sc(NC(=O)Cc3ccc(F)cc3)c2C(=O)OC)C1. The Bertz CT molecular complexity index is 817. The number of amides is 1. The fraction of sp³-hybridized carbons (Fsp3) is 0.368. The molecule has 7 heteroatoms. The van der Waals surface area contributed by atoms with E-state index in [9.17, 15) is 14.0 Å².